The molecule has 1 amide bonds. The average Bonchev–Trinajstić information content (AvgIpc) is 2.56. The van der Waals surface area contributed by atoms with Gasteiger partial charge < -0.3 is 26.7 Å². The monoisotopic (exact) mass is 334 g/mol. The highest BCUT2D eigenvalue weighted by atomic mass is 16.5. The summed E-state index contributed by atoms with van der Waals surface area (Å²) in [6.07, 6.45) is 3.12. The van der Waals surface area contributed by atoms with Crippen LogP contribution in [-0.4, -0.2) is 23.1 Å². The quantitative estimate of drug-likeness (QED) is 0.220. The smallest absolute Gasteiger partial charge is 0.358 e. The number of carbonyl (C=O) groups is 2. The summed E-state index contributed by atoms with van der Waals surface area (Å²) in [4.78, 5) is 22.0. The number of nitrogens with two attached hydrogens (primary N) is 3. The van der Waals surface area contributed by atoms with Crippen molar-refractivity contribution in [1.29, 1.82) is 0 Å². The Balaban J connectivity index is 1.93. The van der Waals surface area contributed by atoms with E-state index in [2.05, 4.69) is 0 Å². The van der Waals surface area contributed by atoms with Crippen LogP contribution in [0.2, 0.25) is 0 Å². The van der Waals surface area contributed by atoms with E-state index in [1.54, 1.807) is 12.1 Å². The first-order valence-electron chi connectivity index (χ1n) is 7.68. The summed E-state index contributed by atoms with van der Waals surface area (Å²) >= 11 is 0. The Labute approximate surface area is 139 Å². The standard InChI is InChI=1S/C16H22N4O4/c17-14(21)11-3-1-9(2-4-11)10-5-7-12(8-6-10)24-15(18)13(20-19)16(22)23/h1-4,10,12,20H,5-8,18-19H2,(H2,17,21)(H,22,23)/b15-13+. The second kappa shape index (κ2) is 7.69. The first-order valence-corrected chi connectivity index (χ1v) is 7.68. The number of amides is 1. The van der Waals surface area contributed by atoms with Gasteiger partial charge in [0.2, 0.25) is 11.8 Å². The van der Waals surface area contributed by atoms with Crippen LogP contribution in [0.5, 0.6) is 0 Å². The van der Waals surface area contributed by atoms with Crippen molar-refractivity contribution in [3.8, 4) is 0 Å². The largest absolute Gasteiger partial charge is 0.476 e. The maximum absolute atomic E-state index is 11.1. The molecular weight excluding hydrogens is 312 g/mol. The van der Waals surface area contributed by atoms with E-state index in [4.69, 9.17) is 27.2 Å². The van der Waals surface area contributed by atoms with Gasteiger partial charge in [-0.15, -0.1) is 0 Å². The van der Waals surface area contributed by atoms with E-state index in [1.165, 1.54) is 0 Å². The summed E-state index contributed by atoms with van der Waals surface area (Å²) in [7, 11) is 0. The van der Waals surface area contributed by atoms with Gasteiger partial charge in [0.05, 0.1) is 0 Å². The summed E-state index contributed by atoms with van der Waals surface area (Å²) in [6, 6.07) is 7.29. The maximum Gasteiger partial charge on any atom is 0.358 e. The highest BCUT2D eigenvalue weighted by Crippen LogP contribution is 2.34. The van der Waals surface area contributed by atoms with Crippen LogP contribution < -0.4 is 22.7 Å². The summed E-state index contributed by atoms with van der Waals surface area (Å²) in [5.74, 6) is 3.58. The number of rotatable bonds is 6. The third-order valence-corrected chi connectivity index (χ3v) is 4.24. The van der Waals surface area contributed by atoms with Crippen molar-refractivity contribution in [3.63, 3.8) is 0 Å². The van der Waals surface area contributed by atoms with E-state index in [-0.39, 0.29) is 17.7 Å². The van der Waals surface area contributed by atoms with Crippen LogP contribution in [0.3, 0.4) is 0 Å². The molecule has 0 atom stereocenters. The van der Waals surface area contributed by atoms with Crippen LogP contribution in [-0.2, 0) is 9.53 Å². The molecule has 1 aliphatic rings. The lowest BCUT2D eigenvalue weighted by molar-refractivity contribution is -0.133. The van der Waals surface area contributed by atoms with Crippen molar-refractivity contribution in [2.45, 2.75) is 37.7 Å². The number of carbonyl (C=O) groups excluding carboxylic acids is 1. The number of hydrogen-bond donors (Lipinski definition) is 5. The molecule has 0 aliphatic heterocycles. The molecule has 1 saturated carbocycles. The fourth-order valence-corrected chi connectivity index (χ4v) is 2.91. The number of hydrazine groups is 1. The summed E-state index contributed by atoms with van der Waals surface area (Å²) in [5, 5.41) is 8.93. The molecule has 130 valence electrons. The second-order valence-electron chi connectivity index (χ2n) is 5.77. The molecule has 0 bridgehead atoms. The number of ether oxygens (including phenoxy) is 1. The van der Waals surface area contributed by atoms with Crippen LogP contribution in [0.15, 0.2) is 35.8 Å². The van der Waals surface area contributed by atoms with Crippen LogP contribution in [0.1, 0.15) is 47.5 Å². The van der Waals surface area contributed by atoms with Gasteiger partial charge in [-0.1, -0.05) is 12.1 Å². The molecule has 2 rings (SSSR count). The van der Waals surface area contributed by atoms with Crippen LogP contribution >= 0.6 is 0 Å². The molecule has 0 unspecified atom stereocenters. The lowest BCUT2D eigenvalue weighted by Crippen LogP contribution is -2.32. The number of nitrogens with one attached hydrogen (secondary N) is 1. The molecule has 8 N–H and O–H groups in total. The third kappa shape index (κ3) is 4.17. The highest BCUT2D eigenvalue weighted by molar-refractivity contribution is 5.92. The minimum Gasteiger partial charge on any atom is -0.476 e. The average molecular weight is 334 g/mol. The van der Waals surface area contributed by atoms with Gasteiger partial charge in [0.1, 0.15) is 6.10 Å². The molecule has 0 aromatic heterocycles. The van der Waals surface area contributed by atoms with E-state index < -0.39 is 11.9 Å². The Bertz CT molecular complexity index is 634. The number of primary amides is 1. The fraction of sp³-hybridized carbons (Fsp3) is 0.375. The molecule has 24 heavy (non-hydrogen) atoms. The molecule has 8 heteroatoms. The fourth-order valence-electron chi connectivity index (χ4n) is 2.91. The first-order chi connectivity index (χ1) is 11.4. The molecule has 1 aromatic carbocycles. The van der Waals surface area contributed by atoms with E-state index >= 15 is 0 Å². The van der Waals surface area contributed by atoms with Gasteiger partial charge in [-0.2, -0.15) is 0 Å². The van der Waals surface area contributed by atoms with Gasteiger partial charge in [0, 0.05) is 5.56 Å². The number of benzene rings is 1. The van der Waals surface area contributed by atoms with Crippen molar-refractivity contribution in [1.82, 2.24) is 5.43 Å². The summed E-state index contributed by atoms with van der Waals surface area (Å²) in [5.41, 5.74) is 14.2. The Hall–Kier alpha value is -2.74. The van der Waals surface area contributed by atoms with Crippen molar-refractivity contribution in [2.24, 2.45) is 17.3 Å². The molecule has 1 fully saturated rings. The normalized spacial score (nSPS) is 21.5. The first kappa shape index (κ1) is 17.6. The van der Waals surface area contributed by atoms with E-state index in [0.717, 1.165) is 31.2 Å². The number of carboxylic acids is 1. The van der Waals surface area contributed by atoms with Crippen LogP contribution in [0.25, 0.3) is 0 Å². The number of carboxylic acid groups (broad SMARTS) is 1. The van der Waals surface area contributed by atoms with Crippen molar-refractivity contribution >= 4 is 11.9 Å². The molecule has 8 nitrogen and oxygen atoms in total. The lowest BCUT2D eigenvalue weighted by Gasteiger charge is -2.29. The zero-order valence-electron chi connectivity index (χ0n) is 13.2. The van der Waals surface area contributed by atoms with Crippen molar-refractivity contribution < 1.29 is 19.4 Å². The SMILES string of the molecule is NN/C(C(=O)O)=C(\N)OC1CCC(c2ccc(C(N)=O)cc2)CC1. The minimum absolute atomic E-state index is 0.145. The van der Waals surface area contributed by atoms with Crippen LogP contribution in [0, 0.1) is 0 Å². The number of aliphatic carboxylic acids is 1. The second-order valence-corrected chi connectivity index (χ2v) is 5.77. The molecule has 0 spiro atoms. The van der Waals surface area contributed by atoms with E-state index in [1.807, 2.05) is 17.6 Å². The van der Waals surface area contributed by atoms with Crippen LogP contribution in [0.4, 0.5) is 0 Å². The zero-order chi connectivity index (χ0) is 17.7. The molecule has 1 aromatic rings. The topological polar surface area (TPSA) is 154 Å². The summed E-state index contributed by atoms with van der Waals surface area (Å²) < 4.78 is 5.51. The number of hydrogen-bond acceptors (Lipinski definition) is 6. The van der Waals surface area contributed by atoms with Gasteiger partial charge in [-0.3, -0.25) is 10.6 Å². The Kier molecular flexibility index (Phi) is 5.64. The zero-order valence-corrected chi connectivity index (χ0v) is 13.2. The molecule has 0 saturated heterocycles. The van der Waals surface area contributed by atoms with Crippen molar-refractivity contribution in [2.75, 3.05) is 0 Å². The van der Waals surface area contributed by atoms with Gasteiger partial charge in [-0.25, -0.2) is 4.79 Å². The predicted octanol–water partition coefficient (Wildman–Crippen LogP) is 0.504. The summed E-state index contributed by atoms with van der Waals surface area (Å²) in [6.45, 7) is 0. The van der Waals surface area contributed by atoms with Gasteiger partial charge in [0.25, 0.3) is 0 Å². The Morgan fingerprint density at radius 3 is 2.12 bits per heavy atom. The Morgan fingerprint density at radius 1 is 1.08 bits per heavy atom. The Morgan fingerprint density at radius 2 is 1.67 bits per heavy atom. The van der Waals surface area contributed by atoms with E-state index in [9.17, 15) is 9.59 Å². The van der Waals surface area contributed by atoms with Gasteiger partial charge >= 0.3 is 5.97 Å². The lowest BCUT2D eigenvalue weighted by atomic mass is 9.82. The molecule has 0 heterocycles. The molecule has 1 aliphatic carbocycles. The van der Waals surface area contributed by atoms with Gasteiger partial charge in [-0.05, 0) is 49.3 Å². The van der Waals surface area contributed by atoms with Crippen molar-refractivity contribution in [3.05, 3.63) is 47.0 Å². The highest BCUT2D eigenvalue weighted by Gasteiger charge is 2.25. The predicted molar refractivity (Wildman–Crippen MR) is 87.2 cm³/mol. The molecule has 0 radical (unpaired) electrons. The third-order valence-electron chi connectivity index (χ3n) is 4.24. The maximum atomic E-state index is 11.1. The van der Waals surface area contributed by atoms with Gasteiger partial charge in [0.15, 0.2) is 5.70 Å². The molecular formula is C16H22N4O4. The van der Waals surface area contributed by atoms with E-state index in [0.29, 0.717) is 11.5 Å². The minimum atomic E-state index is -1.27.